The summed E-state index contributed by atoms with van der Waals surface area (Å²) in [6, 6.07) is 5.53. The molecule has 1 N–H and O–H groups in total. The summed E-state index contributed by atoms with van der Waals surface area (Å²) >= 11 is 0. The van der Waals surface area contributed by atoms with Crippen molar-refractivity contribution in [3.8, 4) is 0 Å². The summed E-state index contributed by atoms with van der Waals surface area (Å²) in [5.41, 5.74) is 2.04. The summed E-state index contributed by atoms with van der Waals surface area (Å²) < 4.78 is 0. The lowest BCUT2D eigenvalue weighted by molar-refractivity contribution is -0.136. The molecule has 1 spiro atoms. The monoisotopic (exact) mass is 371 g/mol. The molecular weight excluding hydrogens is 342 g/mol. The number of hydrogen-bond acceptors (Lipinski definition) is 3. The lowest BCUT2D eigenvalue weighted by Gasteiger charge is -2.35. The third kappa shape index (κ3) is 3.33. The Morgan fingerprint density at radius 2 is 1.85 bits per heavy atom. The molecule has 146 valence electrons. The molecular formula is C21H29N3O3. The van der Waals surface area contributed by atoms with Gasteiger partial charge in [0.1, 0.15) is 12.1 Å². The molecule has 4 amide bonds. The highest BCUT2D eigenvalue weighted by Crippen LogP contribution is 2.39. The largest absolute Gasteiger partial charge is 0.327 e. The third-order valence-electron chi connectivity index (χ3n) is 5.98. The minimum atomic E-state index is -0.749. The molecule has 0 atom stereocenters. The number of aryl methyl sites for hydroxylation is 1. The van der Waals surface area contributed by atoms with E-state index in [-0.39, 0.29) is 30.3 Å². The van der Waals surface area contributed by atoms with Gasteiger partial charge >= 0.3 is 6.03 Å². The fraction of sp³-hybridized carbons (Fsp3) is 0.571. The summed E-state index contributed by atoms with van der Waals surface area (Å²) in [6.07, 6.45) is 4.32. The van der Waals surface area contributed by atoms with Gasteiger partial charge in [-0.1, -0.05) is 51.3 Å². The van der Waals surface area contributed by atoms with Crippen LogP contribution >= 0.6 is 0 Å². The molecule has 1 aromatic rings. The number of imide groups is 1. The number of carbonyl (C=O) groups excluding carboxylic acids is 3. The van der Waals surface area contributed by atoms with Gasteiger partial charge in [-0.25, -0.2) is 4.79 Å². The van der Waals surface area contributed by atoms with Gasteiger partial charge in [0.25, 0.3) is 5.91 Å². The van der Waals surface area contributed by atoms with Gasteiger partial charge in [-0.2, -0.15) is 0 Å². The molecule has 0 bridgehead atoms. The number of para-hydroxylation sites is 1. The van der Waals surface area contributed by atoms with Crippen LogP contribution in [0.2, 0.25) is 0 Å². The van der Waals surface area contributed by atoms with Crippen LogP contribution in [0.3, 0.4) is 0 Å². The number of anilines is 1. The zero-order valence-corrected chi connectivity index (χ0v) is 16.7. The minimum absolute atomic E-state index is 0.223. The van der Waals surface area contributed by atoms with Crippen molar-refractivity contribution in [1.82, 2.24) is 9.80 Å². The van der Waals surface area contributed by atoms with Crippen LogP contribution in [-0.4, -0.2) is 46.8 Å². The normalized spacial score (nSPS) is 19.3. The Balaban J connectivity index is 1.77. The highest BCUT2D eigenvalue weighted by Gasteiger charge is 2.55. The van der Waals surface area contributed by atoms with Crippen LogP contribution in [0.5, 0.6) is 0 Å². The van der Waals surface area contributed by atoms with Crippen LogP contribution in [-0.2, 0) is 9.59 Å². The van der Waals surface area contributed by atoms with Crippen LogP contribution in [0.25, 0.3) is 0 Å². The van der Waals surface area contributed by atoms with Crippen molar-refractivity contribution >= 4 is 23.5 Å². The Morgan fingerprint density at radius 3 is 2.48 bits per heavy atom. The average molecular weight is 371 g/mol. The fourth-order valence-corrected chi connectivity index (χ4v) is 4.34. The Kier molecular flexibility index (Phi) is 5.27. The number of nitrogens with zero attached hydrogens (tertiary/aromatic N) is 2. The third-order valence-corrected chi connectivity index (χ3v) is 5.98. The average Bonchev–Trinajstić information content (AvgIpc) is 2.80. The first-order chi connectivity index (χ1) is 12.8. The van der Waals surface area contributed by atoms with E-state index in [1.165, 1.54) is 0 Å². The van der Waals surface area contributed by atoms with Crippen molar-refractivity contribution in [1.29, 1.82) is 0 Å². The first kappa shape index (κ1) is 19.4. The fourth-order valence-electron chi connectivity index (χ4n) is 4.34. The maximum atomic E-state index is 13.0. The molecule has 0 unspecified atom stereocenters. The van der Waals surface area contributed by atoms with Crippen molar-refractivity contribution < 1.29 is 14.4 Å². The lowest BCUT2D eigenvalue weighted by atomic mass is 9.81. The summed E-state index contributed by atoms with van der Waals surface area (Å²) in [5, 5.41) is 2.93. The summed E-state index contributed by atoms with van der Waals surface area (Å²) in [5.74, 6) is -0.306. The van der Waals surface area contributed by atoms with Gasteiger partial charge in [0.05, 0.1) is 0 Å². The Labute approximate surface area is 160 Å². The Morgan fingerprint density at radius 1 is 1.19 bits per heavy atom. The number of nitrogens with one attached hydrogen (secondary N) is 1. The molecule has 0 radical (unpaired) electrons. The van der Waals surface area contributed by atoms with E-state index in [4.69, 9.17) is 0 Å². The van der Waals surface area contributed by atoms with E-state index in [1.807, 2.05) is 25.1 Å². The van der Waals surface area contributed by atoms with Crippen LogP contribution < -0.4 is 5.32 Å². The van der Waals surface area contributed by atoms with Crippen molar-refractivity contribution in [3.05, 3.63) is 29.3 Å². The number of likely N-dealkylation sites (N-methyl/N-ethyl adjacent to an activating group) is 1. The maximum absolute atomic E-state index is 13.0. The minimum Gasteiger partial charge on any atom is -0.324 e. The summed E-state index contributed by atoms with van der Waals surface area (Å²) in [4.78, 5) is 41.0. The van der Waals surface area contributed by atoms with Crippen molar-refractivity contribution in [3.63, 3.8) is 0 Å². The smallest absolute Gasteiger partial charge is 0.324 e. The molecule has 27 heavy (non-hydrogen) atoms. The zero-order valence-electron chi connectivity index (χ0n) is 16.7. The number of hydrogen-bond donors (Lipinski definition) is 1. The maximum Gasteiger partial charge on any atom is 0.327 e. The van der Waals surface area contributed by atoms with Gasteiger partial charge in [0.15, 0.2) is 0 Å². The molecule has 3 rings (SSSR count). The highest BCUT2D eigenvalue weighted by molar-refractivity contribution is 6.10. The Hall–Kier alpha value is -2.37. The second-order valence-electron chi connectivity index (χ2n) is 8.07. The molecule has 1 saturated carbocycles. The number of benzene rings is 1. The number of carbonyl (C=O) groups is 3. The van der Waals surface area contributed by atoms with E-state index >= 15 is 0 Å². The van der Waals surface area contributed by atoms with E-state index in [1.54, 1.807) is 11.9 Å². The number of rotatable bonds is 4. The standard InChI is InChI=1S/C21H29N3O3/c1-14(2)16-10-8-9-15(3)18(16)22-17(25)13-24-19(26)21(23(4)20(24)27)11-6-5-7-12-21/h8-10,14H,5-7,11-13H2,1-4H3,(H,22,25). The Bertz CT molecular complexity index is 766. The van der Waals surface area contributed by atoms with Crippen LogP contribution in [0.15, 0.2) is 18.2 Å². The molecule has 1 aliphatic carbocycles. The first-order valence-corrected chi connectivity index (χ1v) is 9.77. The van der Waals surface area contributed by atoms with Gasteiger partial charge in [-0.05, 0) is 36.8 Å². The van der Waals surface area contributed by atoms with Crippen molar-refractivity contribution in [2.45, 2.75) is 64.3 Å². The molecule has 1 aliphatic heterocycles. The van der Waals surface area contributed by atoms with E-state index < -0.39 is 5.54 Å². The molecule has 6 heteroatoms. The molecule has 1 aromatic carbocycles. The molecule has 2 fully saturated rings. The predicted molar refractivity (Wildman–Crippen MR) is 105 cm³/mol. The van der Waals surface area contributed by atoms with Crippen molar-refractivity contribution in [2.75, 3.05) is 18.9 Å². The summed E-state index contributed by atoms with van der Waals surface area (Å²) in [6.45, 7) is 5.84. The molecule has 1 heterocycles. The second-order valence-corrected chi connectivity index (χ2v) is 8.07. The quantitative estimate of drug-likeness (QED) is 0.821. The van der Waals surface area contributed by atoms with Gasteiger partial charge in [-0.15, -0.1) is 0 Å². The number of urea groups is 1. The SMILES string of the molecule is Cc1cccc(C(C)C)c1NC(=O)CN1C(=O)N(C)C2(CCCCC2)C1=O. The lowest BCUT2D eigenvalue weighted by Crippen LogP contribution is -2.49. The molecule has 2 aliphatic rings. The van der Waals surface area contributed by atoms with Gasteiger partial charge in [0.2, 0.25) is 5.91 Å². The van der Waals surface area contributed by atoms with E-state index in [2.05, 4.69) is 19.2 Å². The molecule has 6 nitrogen and oxygen atoms in total. The summed E-state index contributed by atoms with van der Waals surface area (Å²) in [7, 11) is 1.68. The van der Waals surface area contributed by atoms with Crippen LogP contribution in [0.4, 0.5) is 10.5 Å². The topological polar surface area (TPSA) is 69.7 Å². The zero-order chi connectivity index (χ0) is 19.8. The van der Waals surface area contributed by atoms with Gasteiger partial charge in [-0.3, -0.25) is 14.5 Å². The van der Waals surface area contributed by atoms with E-state index in [0.29, 0.717) is 12.8 Å². The van der Waals surface area contributed by atoms with Crippen LogP contribution in [0.1, 0.15) is 63.0 Å². The van der Waals surface area contributed by atoms with Crippen molar-refractivity contribution in [2.24, 2.45) is 0 Å². The van der Waals surface area contributed by atoms with Crippen LogP contribution in [0, 0.1) is 6.92 Å². The van der Waals surface area contributed by atoms with E-state index in [9.17, 15) is 14.4 Å². The highest BCUT2D eigenvalue weighted by atomic mass is 16.2. The van der Waals surface area contributed by atoms with Gasteiger partial charge < -0.3 is 10.2 Å². The van der Waals surface area contributed by atoms with Gasteiger partial charge in [0, 0.05) is 12.7 Å². The van der Waals surface area contributed by atoms with E-state index in [0.717, 1.165) is 41.0 Å². The first-order valence-electron chi connectivity index (χ1n) is 9.77. The second kappa shape index (κ2) is 7.33. The molecule has 0 aromatic heterocycles. The molecule has 1 saturated heterocycles. The predicted octanol–water partition coefficient (Wildman–Crippen LogP) is 3.65. The number of amides is 4.